The molecule has 0 aromatic carbocycles. The average molecular weight is 267 g/mol. The first-order chi connectivity index (χ1) is 9.15. The van der Waals surface area contributed by atoms with Crippen molar-refractivity contribution >= 4 is 5.82 Å². The third-order valence-corrected chi connectivity index (χ3v) is 3.18. The third-order valence-electron chi connectivity index (χ3n) is 3.18. The van der Waals surface area contributed by atoms with E-state index in [9.17, 15) is 8.78 Å². The SMILES string of the molecule is N#Cc1cc2c(nc1N(CCO)CC(F)F)CCC2. The summed E-state index contributed by atoms with van der Waals surface area (Å²) in [6.07, 6.45) is 0.140. The largest absolute Gasteiger partial charge is 0.395 e. The van der Waals surface area contributed by atoms with Crippen LogP contribution in [-0.2, 0) is 12.8 Å². The van der Waals surface area contributed by atoms with Gasteiger partial charge in [-0.25, -0.2) is 13.8 Å². The highest BCUT2D eigenvalue weighted by atomic mass is 19.3. The minimum absolute atomic E-state index is 0.0464. The van der Waals surface area contributed by atoms with Crippen molar-refractivity contribution in [3.8, 4) is 6.07 Å². The molecule has 0 atom stereocenters. The van der Waals surface area contributed by atoms with Gasteiger partial charge in [-0.1, -0.05) is 0 Å². The van der Waals surface area contributed by atoms with Crippen LogP contribution in [0, 0.1) is 11.3 Å². The van der Waals surface area contributed by atoms with Crippen LogP contribution in [-0.4, -0.2) is 36.2 Å². The van der Waals surface area contributed by atoms with Crippen molar-refractivity contribution in [3.63, 3.8) is 0 Å². The fraction of sp³-hybridized carbons (Fsp3) is 0.538. The van der Waals surface area contributed by atoms with Crippen LogP contribution >= 0.6 is 0 Å². The number of nitriles is 1. The number of halogens is 2. The zero-order valence-electron chi connectivity index (χ0n) is 10.4. The highest BCUT2D eigenvalue weighted by molar-refractivity contribution is 5.56. The van der Waals surface area contributed by atoms with E-state index in [1.165, 1.54) is 4.90 Å². The maximum atomic E-state index is 12.6. The molecule has 0 fully saturated rings. The fourth-order valence-corrected chi connectivity index (χ4v) is 2.36. The number of aliphatic hydroxyl groups is 1. The lowest BCUT2D eigenvalue weighted by atomic mass is 10.1. The molecule has 0 unspecified atom stereocenters. The van der Waals surface area contributed by atoms with Crippen molar-refractivity contribution in [3.05, 3.63) is 22.9 Å². The first-order valence-electron chi connectivity index (χ1n) is 6.22. The smallest absolute Gasteiger partial charge is 0.255 e. The summed E-state index contributed by atoms with van der Waals surface area (Å²) in [5, 5.41) is 18.1. The minimum atomic E-state index is -2.53. The molecule has 0 aliphatic heterocycles. The number of fused-ring (bicyclic) bond motifs is 1. The molecule has 1 heterocycles. The topological polar surface area (TPSA) is 60.2 Å². The average Bonchev–Trinajstić information content (AvgIpc) is 2.83. The maximum Gasteiger partial charge on any atom is 0.255 e. The van der Waals surface area contributed by atoms with Crippen LogP contribution in [0.2, 0.25) is 0 Å². The molecule has 6 heteroatoms. The van der Waals surface area contributed by atoms with Gasteiger partial charge in [0.2, 0.25) is 0 Å². The Morgan fingerprint density at radius 3 is 2.89 bits per heavy atom. The van der Waals surface area contributed by atoms with Crippen molar-refractivity contribution in [2.75, 3.05) is 24.6 Å². The number of hydrogen-bond acceptors (Lipinski definition) is 4. The highest BCUT2D eigenvalue weighted by Gasteiger charge is 2.21. The molecular formula is C13H15F2N3O. The molecule has 0 spiro atoms. The maximum absolute atomic E-state index is 12.6. The quantitative estimate of drug-likeness (QED) is 0.878. The van der Waals surface area contributed by atoms with Crippen LogP contribution < -0.4 is 4.90 Å². The van der Waals surface area contributed by atoms with Gasteiger partial charge < -0.3 is 10.0 Å². The van der Waals surface area contributed by atoms with Gasteiger partial charge in [0.05, 0.1) is 18.7 Å². The van der Waals surface area contributed by atoms with Crippen molar-refractivity contribution in [1.82, 2.24) is 4.98 Å². The molecule has 0 bridgehead atoms. The van der Waals surface area contributed by atoms with E-state index in [-0.39, 0.29) is 19.0 Å². The Kier molecular flexibility index (Phi) is 4.27. The fourth-order valence-electron chi connectivity index (χ4n) is 2.36. The minimum Gasteiger partial charge on any atom is -0.395 e. The predicted octanol–water partition coefficient (Wildman–Crippen LogP) is 1.51. The van der Waals surface area contributed by atoms with Crippen molar-refractivity contribution in [2.24, 2.45) is 0 Å². The number of rotatable bonds is 5. The molecule has 102 valence electrons. The van der Waals surface area contributed by atoms with Crippen LogP contribution in [0.3, 0.4) is 0 Å². The second kappa shape index (κ2) is 5.93. The van der Waals surface area contributed by atoms with Crippen LogP contribution in [0.15, 0.2) is 6.07 Å². The number of aryl methyl sites for hydroxylation is 2. The van der Waals surface area contributed by atoms with E-state index >= 15 is 0 Å². The van der Waals surface area contributed by atoms with Gasteiger partial charge in [-0.3, -0.25) is 0 Å². The van der Waals surface area contributed by atoms with Crippen LogP contribution in [0.25, 0.3) is 0 Å². The molecule has 0 saturated carbocycles. The number of aliphatic hydroxyl groups excluding tert-OH is 1. The third kappa shape index (κ3) is 2.99. The molecule has 1 aliphatic rings. The van der Waals surface area contributed by atoms with Gasteiger partial charge in [0.1, 0.15) is 11.9 Å². The monoisotopic (exact) mass is 267 g/mol. The van der Waals surface area contributed by atoms with Crippen molar-refractivity contribution in [2.45, 2.75) is 25.7 Å². The molecular weight excluding hydrogens is 252 g/mol. The molecule has 1 aliphatic carbocycles. The summed E-state index contributed by atoms with van der Waals surface area (Å²) in [6.45, 7) is -0.734. The lowest BCUT2D eigenvalue weighted by molar-refractivity contribution is 0.152. The molecule has 1 N–H and O–H groups in total. The van der Waals surface area contributed by atoms with Gasteiger partial charge in [0, 0.05) is 12.2 Å². The Labute approximate surface area is 110 Å². The first-order valence-corrected chi connectivity index (χ1v) is 6.22. The number of anilines is 1. The zero-order chi connectivity index (χ0) is 13.8. The first kappa shape index (κ1) is 13.7. The summed E-state index contributed by atoms with van der Waals surface area (Å²) in [4.78, 5) is 5.63. The van der Waals surface area contributed by atoms with Gasteiger partial charge in [-0.2, -0.15) is 5.26 Å². The van der Waals surface area contributed by atoms with E-state index in [1.54, 1.807) is 6.07 Å². The number of pyridine rings is 1. The Morgan fingerprint density at radius 1 is 1.47 bits per heavy atom. The summed E-state index contributed by atoms with van der Waals surface area (Å²) in [6, 6.07) is 3.74. The molecule has 0 radical (unpaired) electrons. The normalized spacial score (nSPS) is 13.4. The Morgan fingerprint density at radius 2 is 2.26 bits per heavy atom. The molecule has 1 aromatic rings. The molecule has 19 heavy (non-hydrogen) atoms. The Hall–Kier alpha value is -1.74. The van der Waals surface area contributed by atoms with E-state index in [0.717, 1.165) is 30.5 Å². The molecule has 0 saturated heterocycles. The summed E-state index contributed by atoms with van der Waals surface area (Å²) in [5.74, 6) is 0.262. The molecule has 0 amide bonds. The van der Waals surface area contributed by atoms with E-state index < -0.39 is 13.0 Å². The summed E-state index contributed by atoms with van der Waals surface area (Å²) in [7, 11) is 0. The summed E-state index contributed by atoms with van der Waals surface area (Å²) < 4.78 is 25.1. The number of aromatic nitrogens is 1. The molecule has 2 rings (SSSR count). The molecule has 4 nitrogen and oxygen atoms in total. The summed E-state index contributed by atoms with van der Waals surface area (Å²) >= 11 is 0. The van der Waals surface area contributed by atoms with Gasteiger partial charge >= 0.3 is 0 Å². The Balaban J connectivity index is 2.38. The second-order valence-corrected chi connectivity index (χ2v) is 4.49. The zero-order valence-corrected chi connectivity index (χ0v) is 10.4. The number of nitrogens with zero attached hydrogens (tertiary/aromatic N) is 3. The second-order valence-electron chi connectivity index (χ2n) is 4.49. The summed E-state index contributed by atoms with van der Waals surface area (Å²) in [5.41, 5.74) is 2.21. The van der Waals surface area contributed by atoms with E-state index in [2.05, 4.69) is 4.98 Å². The van der Waals surface area contributed by atoms with Gasteiger partial charge in [0.15, 0.2) is 0 Å². The van der Waals surface area contributed by atoms with Gasteiger partial charge in [-0.05, 0) is 30.9 Å². The van der Waals surface area contributed by atoms with Crippen LogP contribution in [0.5, 0.6) is 0 Å². The highest BCUT2D eigenvalue weighted by Crippen LogP contribution is 2.27. The van der Waals surface area contributed by atoms with Gasteiger partial charge in [-0.15, -0.1) is 0 Å². The van der Waals surface area contributed by atoms with E-state index in [4.69, 9.17) is 10.4 Å². The number of alkyl halides is 2. The Bertz CT molecular complexity index is 499. The molecule has 1 aromatic heterocycles. The standard InChI is InChI=1S/C13H15F2N3O/c14-12(15)8-18(4-5-19)13-10(7-16)6-9-2-1-3-11(9)17-13/h6,12,19H,1-5,8H2. The predicted molar refractivity (Wildman–Crippen MR) is 66.3 cm³/mol. The lowest BCUT2D eigenvalue weighted by Gasteiger charge is -2.24. The van der Waals surface area contributed by atoms with Crippen molar-refractivity contribution in [1.29, 1.82) is 5.26 Å². The van der Waals surface area contributed by atoms with E-state index in [1.807, 2.05) is 6.07 Å². The van der Waals surface area contributed by atoms with Crippen LogP contribution in [0.1, 0.15) is 23.2 Å². The van der Waals surface area contributed by atoms with Crippen LogP contribution in [0.4, 0.5) is 14.6 Å². The van der Waals surface area contributed by atoms with Gasteiger partial charge in [0.25, 0.3) is 6.43 Å². The van der Waals surface area contributed by atoms with Crippen molar-refractivity contribution < 1.29 is 13.9 Å². The lowest BCUT2D eigenvalue weighted by Crippen LogP contribution is -2.33. The van der Waals surface area contributed by atoms with E-state index in [0.29, 0.717) is 5.56 Å². The number of hydrogen-bond donors (Lipinski definition) is 1.